The van der Waals surface area contributed by atoms with E-state index in [4.69, 9.17) is 4.42 Å². The maximum absolute atomic E-state index is 13.8. The monoisotopic (exact) mass is 522 g/mol. The van der Waals surface area contributed by atoms with Crippen LogP contribution >= 0.6 is 0 Å². The fraction of sp³-hybridized carbons (Fsp3) is 0.103. The van der Waals surface area contributed by atoms with Gasteiger partial charge >= 0.3 is 12.4 Å². The van der Waals surface area contributed by atoms with Gasteiger partial charge in [0.05, 0.1) is 11.1 Å². The van der Waals surface area contributed by atoms with Crippen molar-refractivity contribution in [2.75, 3.05) is 0 Å². The molecule has 9 heteroatoms. The van der Waals surface area contributed by atoms with Crippen LogP contribution in [-0.2, 0) is 12.4 Å². The van der Waals surface area contributed by atoms with Gasteiger partial charge in [-0.05, 0) is 59.7 Å². The van der Waals surface area contributed by atoms with E-state index in [9.17, 15) is 26.3 Å². The second-order valence-electron chi connectivity index (χ2n) is 9.00. The molecule has 0 amide bonds. The Labute approximate surface area is 211 Å². The minimum atomic E-state index is -5.23. The molecule has 0 atom stereocenters. The van der Waals surface area contributed by atoms with Crippen LogP contribution < -0.4 is 0 Å². The SMILES string of the molecule is Cc1cc(-c2nnc(-c3cc4ccccc4o3)c3cc4ccccc4cc23)cc(C(F)(F)F)c1C(F)(F)F. The number of halogens is 6. The largest absolute Gasteiger partial charge is 0.454 e. The third-order valence-corrected chi connectivity index (χ3v) is 6.50. The van der Waals surface area contributed by atoms with Crippen LogP contribution in [0.5, 0.6) is 0 Å². The number of para-hydroxylation sites is 1. The molecular weight excluding hydrogens is 506 g/mol. The fourth-order valence-electron chi connectivity index (χ4n) is 4.86. The average Bonchev–Trinajstić information content (AvgIpc) is 3.29. The summed E-state index contributed by atoms with van der Waals surface area (Å²) in [5.41, 5.74) is -3.13. The zero-order valence-electron chi connectivity index (χ0n) is 19.6. The smallest absolute Gasteiger partial charge is 0.417 e. The summed E-state index contributed by atoms with van der Waals surface area (Å²) < 4.78 is 88.2. The van der Waals surface area contributed by atoms with Crippen molar-refractivity contribution in [2.24, 2.45) is 0 Å². The molecule has 0 saturated carbocycles. The quantitative estimate of drug-likeness (QED) is 0.168. The Morgan fingerprint density at radius 2 is 1.21 bits per heavy atom. The Hall–Kier alpha value is -4.40. The highest BCUT2D eigenvalue weighted by Gasteiger charge is 2.44. The first-order valence-corrected chi connectivity index (χ1v) is 11.5. The van der Waals surface area contributed by atoms with Crippen molar-refractivity contribution in [3.8, 4) is 22.7 Å². The number of alkyl halides is 6. The van der Waals surface area contributed by atoms with E-state index in [2.05, 4.69) is 10.2 Å². The van der Waals surface area contributed by atoms with Crippen LogP contribution in [0.3, 0.4) is 0 Å². The molecule has 2 aromatic heterocycles. The molecule has 38 heavy (non-hydrogen) atoms. The first-order chi connectivity index (χ1) is 18.0. The van der Waals surface area contributed by atoms with Crippen LogP contribution in [0.2, 0.25) is 0 Å². The fourth-order valence-corrected chi connectivity index (χ4v) is 4.86. The standard InChI is InChI=1S/C29H16F6N2O/c1-15-10-19(13-22(28(30,31)32)25(15)29(33,34)35)26-20-11-16-6-2-3-7-17(16)12-21(20)27(37-36-26)24-14-18-8-4-5-9-23(18)38-24/h2-14H,1H3. The van der Waals surface area contributed by atoms with Gasteiger partial charge in [0.15, 0.2) is 5.76 Å². The predicted octanol–water partition coefficient (Wildman–Crippen LogP) is 9.21. The molecular formula is C29H16F6N2O. The Bertz CT molecular complexity index is 1830. The second kappa shape index (κ2) is 8.31. The summed E-state index contributed by atoms with van der Waals surface area (Å²) in [6.07, 6.45) is -10.4. The Morgan fingerprint density at radius 3 is 1.82 bits per heavy atom. The van der Waals surface area contributed by atoms with Crippen LogP contribution in [-0.4, -0.2) is 10.2 Å². The Morgan fingerprint density at radius 1 is 0.632 bits per heavy atom. The predicted molar refractivity (Wildman–Crippen MR) is 132 cm³/mol. The molecule has 0 saturated heterocycles. The van der Waals surface area contributed by atoms with Gasteiger partial charge in [-0.15, -0.1) is 10.2 Å². The van der Waals surface area contributed by atoms with E-state index in [1.165, 1.54) is 0 Å². The average molecular weight is 522 g/mol. The minimum Gasteiger partial charge on any atom is -0.454 e. The van der Waals surface area contributed by atoms with Gasteiger partial charge < -0.3 is 4.42 Å². The summed E-state index contributed by atoms with van der Waals surface area (Å²) in [5, 5.41) is 12.0. The summed E-state index contributed by atoms with van der Waals surface area (Å²) in [6.45, 7) is 1.01. The Balaban J connectivity index is 1.67. The second-order valence-corrected chi connectivity index (χ2v) is 9.00. The number of furan rings is 1. The highest BCUT2D eigenvalue weighted by Crippen LogP contribution is 2.45. The highest BCUT2D eigenvalue weighted by atomic mass is 19.4. The van der Waals surface area contributed by atoms with Crippen molar-refractivity contribution in [1.82, 2.24) is 10.2 Å². The van der Waals surface area contributed by atoms with Crippen molar-refractivity contribution in [2.45, 2.75) is 19.3 Å². The van der Waals surface area contributed by atoms with Crippen LogP contribution in [0.4, 0.5) is 26.3 Å². The summed E-state index contributed by atoms with van der Waals surface area (Å²) >= 11 is 0. The molecule has 0 aliphatic rings. The maximum atomic E-state index is 13.8. The first-order valence-electron chi connectivity index (χ1n) is 11.5. The van der Waals surface area contributed by atoms with E-state index in [0.29, 0.717) is 33.9 Å². The molecule has 0 fully saturated rings. The topological polar surface area (TPSA) is 38.9 Å². The number of aryl methyl sites for hydroxylation is 1. The number of benzene rings is 4. The van der Waals surface area contributed by atoms with Gasteiger partial charge in [0, 0.05) is 21.7 Å². The lowest BCUT2D eigenvalue weighted by Gasteiger charge is -2.19. The zero-order chi connectivity index (χ0) is 26.8. The lowest BCUT2D eigenvalue weighted by atomic mass is 9.93. The highest BCUT2D eigenvalue weighted by molar-refractivity contribution is 6.08. The van der Waals surface area contributed by atoms with Crippen molar-refractivity contribution in [3.05, 3.63) is 95.6 Å². The molecule has 2 heterocycles. The zero-order valence-corrected chi connectivity index (χ0v) is 19.6. The molecule has 0 aliphatic heterocycles. The van der Waals surface area contributed by atoms with Crippen LogP contribution in [0.15, 0.2) is 83.3 Å². The van der Waals surface area contributed by atoms with Crippen molar-refractivity contribution in [3.63, 3.8) is 0 Å². The van der Waals surface area contributed by atoms with Gasteiger partial charge in [0.2, 0.25) is 0 Å². The molecule has 0 spiro atoms. The van der Waals surface area contributed by atoms with Gasteiger partial charge in [-0.3, -0.25) is 0 Å². The number of rotatable bonds is 2. The third kappa shape index (κ3) is 3.95. The van der Waals surface area contributed by atoms with Gasteiger partial charge in [-0.25, -0.2) is 0 Å². The van der Waals surface area contributed by atoms with Crippen molar-refractivity contribution in [1.29, 1.82) is 0 Å². The van der Waals surface area contributed by atoms with Gasteiger partial charge in [0.1, 0.15) is 17.0 Å². The number of nitrogens with zero attached hydrogens (tertiary/aromatic N) is 2. The molecule has 3 nitrogen and oxygen atoms in total. The van der Waals surface area contributed by atoms with E-state index in [1.807, 2.05) is 48.5 Å². The molecule has 0 radical (unpaired) electrons. The van der Waals surface area contributed by atoms with Crippen molar-refractivity contribution >= 4 is 32.5 Å². The number of hydrogen-bond acceptors (Lipinski definition) is 3. The summed E-state index contributed by atoms with van der Waals surface area (Å²) in [7, 11) is 0. The summed E-state index contributed by atoms with van der Waals surface area (Å²) in [4.78, 5) is 0. The number of hydrogen-bond donors (Lipinski definition) is 0. The third-order valence-electron chi connectivity index (χ3n) is 6.50. The van der Waals surface area contributed by atoms with Gasteiger partial charge in [0.25, 0.3) is 0 Å². The molecule has 190 valence electrons. The minimum absolute atomic E-state index is 0.0351. The van der Waals surface area contributed by atoms with Crippen LogP contribution in [0.1, 0.15) is 16.7 Å². The molecule has 6 rings (SSSR count). The maximum Gasteiger partial charge on any atom is 0.417 e. The van der Waals surface area contributed by atoms with E-state index in [1.54, 1.807) is 18.2 Å². The van der Waals surface area contributed by atoms with E-state index in [0.717, 1.165) is 29.1 Å². The van der Waals surface area contributed by atoms with E-state index < -0.39 is 29.0 Å². The molecule has 0 unspecified atom stereocenters. The van der Waals surface area contributed by atoms with Gasteiger partial charge in [-0.1, -0.05) is 42.5 Å². The lowest BCUT2D eigenvalue weighted by Crippen LogP contribution is -2.18. The molecule has 0 bridgehead atoms. The lowest BCUT2D eigenvalue weighted by molar-refractivity contribution is -0.162. The van der Waals surface area contributed by atoms with E-state index in [-0.39, 0.29) is 11.3 Å². The van der Waals surface area contributed by atoms with E-state index >= 15 is 0 Å². The van der Waals surface area contributed by atoms with Crippen LogP contribution in [0, 0.1) is 6.92 Å². The van der Waals surface area contributed by atoms with Crippen LogP contribution in [0.25, 0.3) is 55.2 Å². The summed E-state index contributed by atoms with van der Waals surface area (Å²) in [5.74, 6) is 0.408. The number of aromatic nitrogens is 2. The normalized spacial score (nSPS) is 12.6. The molecule has 0 N–H and O–H groups in total. The van der Waals surface area contributed by atoms with Gasteiger partial charge in [-0.2, -0.15) is 26.3 Å². The van der Waals surface area contributed by atoms with Crippen molar-refractivity contribution < 1.29 is 30.8 Å². The first kappa shape index (κ1) is 24.0. The summed E-state index contributed by atoms with van der Waals surface area (Å²) in [6, 6.07) is 21.6. The molecule has 4 aromatic carbocycles. The molecule has 0 aliphatic carbocycles. The Kier molecular flexibility index (Phi) is 5.24. The number of fused-ring (bicyclic) bond motifs is 3. The molecule has 6 aromatic rings.